The van der Waals surface area contributed by atoms with Gasteiger partial charge in [-0.25, -0.2) is 4.98 Å². The maximum absolute atomic E-state index is 11.7. The van der Waals surface area contributed by atoms with Crippen molar-refractivity contribution in [1.29, 1.82) is 0 Å². The summed E-state index contributed by atoms with van der Waals surface area (Å²) in [7, 11) is 0. The van der Waals surface area contributed by atoms with E-state index < -0.39 is 0 Å². The van der Waals surface area contributed by atoms with Gasteiger partial charge in [-0.05, 0) is 37.8 Å². The maximum atomic E-state index is 11.7. The van der Waals surface area contributed by atoms with Crippen LogP contribution in [0.1, 0.15) is 37.0 Å². The van der Waals surface area contributed by atoms with Crippen molar-refractivity contribution >= 4 is 23.2 Å². The van der Waals surface area contributed by atoms with E-state index in [1.165, 1.54) is 12.8 Å². The molecule has 2 heterocycles. The van der Waals surface area contributed by atoms with E-state index in [4.69, 9.17) is 9.97 Å². The Labute approximate surface area is 171 Å². The molecular weight excluding hydrogens is 360 g/mol. The molecule has 0 radical (unpaired) electrons. The minimum absolute atomic E-state index is 0.0377. The average Bonchev–Trinajstić information content (AvgIpc) is 2.75. The molecule has 0 unspecified atom stereocenters. The lowest BCUT2D eigenvalue weighted by Gasteiger charge is -2.31. The van der Waals surface area contributed by atoms with Gasteiger partial charge in [-0.3, -0.25) is 4.79 Å². The summed E-state index contributed by atoms with van der Waals surface area (Å²) in [6.07, 6.45) is 2.35. The normalized spacial score (nSPS) is 14.6. The largest absolute Gasteiger partial charge is 0.356 e. The molecule has 2 aromatic carbocycles. The first-order valence-electron chi connectivity index (χ1n) is 10.2. The van der Waals surface area contributed by atoms with Crippen molar-refractivity contribution < 1.29 is 4.79 Å². The van der Waals surface area contributed by atoms with Crippen LogP contribution in [0.5, 0.6) is 0 Å². The van der Waals surface area contributed by atoms with Crippen molar-refractivity contribution in [3.8, 4) is 11.3 Å². The Hall–Kier alpha value is -3.21. The highest BCUT2D eigenvalue weighted by Crippen LogP contribution is 2.28. The maximum Gasteiger partial charge on any atom is 0.229 e. The van der Waals surface area contributed by atoms with Crippen LogP contribution >= 0.6 is 0 Å². The molecule has 5 heteroatoms. The van der Waals surface area contributed by atoms with Gasteiger partial charge in [0.1, 0.15) is 5.82 Å². The Morgan fingerprint density at radius 2 is 1.76 bits per heavy atom. The summed E-state index contributed by atoms with van der Waals surface area (Å²) in [4.78, 5) is 23.6. The topological polar surface area (TPSA) is 58.1 Å². The van der Waals surface area contributed by atoms with Gasteiger partial charge in [-0.2, -0.15) is 4.98 Å². The number of carbonyl (C=O) groups is 1. The fourth-order valence-corrected chi connectivity index (χ4v) is 3.59. The second kappa shape index (κ2) is 8.43. The Balaban J connectivity index is 1.69. The molecule has 148 valence electrons. The lowest BCUT2D eigenvalue weighted by Crippen LogP contribution is -2.33. The highest BCUT2D eigenvalue weighted by molar-refractivity contribution is 5.95. The summed E-state index contributed by atoms with van der Waals surface area (Å²) in [5, 5.41) is 3.30. The Morgan fingerprint density at radius 1 is 1.00 bits per heavy atom. The second-order valence-electron chi connectivity index (χ2n) is 7.73. The number of Topliss-reactive ketones (excluding diaryl/α,β-unsaturated/α-hetero) is 1. The molecule has 1 N–H and O–H groups in total. The van der Waals surface area contributed by atoms with Crippen LogP contribution in [0.3, 0.4) is 0 Å². The van der Waals surface area contributed by atoms with Crippen LogP contribution in [0.15, 0.2) is 60.7 Å². The van der Waals surface area contributed by atoms with Crippen LogP contribution in [-0.4, -0.2) is 28.8 Å². The Kier molecular flexibility index (Phi) is 5.56. The smallest absolute Gasteiger partial charge is 0.229 e. The number of nitrogens with one attached hydrogen (secondary N) is 1. The molecule has 3 aromatic rings. The zero-order chi connectivity index (χ0) is 20.2. The van der Waals surface area contributed by atoms with Gasteiger partial charge in [-0.1, -0.05) is 49.4 Å². The number of aromatic nitrogens is 2. The van der Waals surface area contributed by atoms with E-state index in [1.807, 2.05) is 42.5 Å². The van der Waals surface area contributed by atoms with E-state index in [-0.39, 0.29) is 5.78 Å². The zero-order valence-corrected chi connectivity index (χ0v) is 16.9. The molecule has 0 atom stereocenters. The van der Waals surface area contributed by atoms with Crippen LogP contribution in [0.2, 0.25) is 0 Å². The van der Waals surface area contributed by atoms with E-state index >= 15 is 0 Å². The monoisotopic (exact) mass is 386 g/mol. The van der Waals surface area contributed by atoms with Crippen molar-refractivity contribution in [3.05, 3.63) is 66.2 Å². The number of nitrogens with zero attached hydrogens (tertiary/aromatic N) is 3. The molecule has 0 saturated carbocycles. The zero-order valence-electron chi connectivity index (χ0n) is 16.9. The van der Waals surface area contributed by atoms with Gasteiger partial charge >= 0.3 is 0 Å². The average molecular weight is 386 g/mol. The number of hydrogen-bond acceptors (Lipinski definition) is 5. The molecule has 4 rings (SSSR count). The molecule has 0 spiro atoms. The fourth-order valence-electron chi connectivity index (χ4n) is 3.59. The van der Waals surface area contributed by atoms with E-state index in [9.17, 15) is 4.79 Å². The van der Waals surface area contributed by atoms with E-state index in [2.05, 4.69) is 35.3 Å². The first kappa shape index (κ1) is 19.1. The molecule has 0 aliphatic carbocycles. The summed E-state index contributed by atoms with van der Waals surface area (Å²) in [6, 6.07) is 19.7. The van der Waals surface area contributed by atoms with E-state index in [0.717, 1.165) is 41.8 Å². The summed E-state index contributed by atoms with van der Waals surface area (Å²) in [5.74, 6) is 2.28. The van der Waals surface area contributed by atoms with Crippen molar-refractivity contribution in [1.82, 2.24) is 9.97 Å². The Bertz CT molecular complexity index is 995. The highest BCUT2D eigenvalue weighted by atomic mass is 16.1. The number of ketones is 1. The molecule has 0 amide bonds. The van der Waals surface area contributed by atoms with Crippen molar-refractivity contribution in [3.63, 3.8) is 0 Å². The predicted molar refractivity (Wildman–Crippen MR) is 118 cm³/mol. The molecule has 1 aliphatic heterocycles. The van der Waals surface area contributed by atoms with Crippen LogP contribution < -0.4 is 10.2 Å². The Morgan fingerprint density at radius 3 is 2.48 bits per heavy atom. The van der Waals surface area contributed by atoms with E-state index in [1.54, 1.807) is 6.92 Å². The quantitative estimate of drug-likeness (QED) is 0.601. The minimum Gasteiger partial charge on any atom is -0.356 e. The lowest BCUT2D eigenvalue weighted by molar-refractivity contribution is 0.101. The molecule has 1 aliphatic rings. The number of rotatable bonds is 5. The van der Waals surface area contributed by atoms with Crippen molar-refractivity contribution in [2.75, 3.05) is 23.3 Å². The van der Waals surface area contributed by atoms with Gasteiger partial charge < -0.3 is 10.2 Å². The number of benzene rings is 2. The lowest BCUT2D eigenvalue weighted by atomic mass is 9.99. The van der Waals surface area contributed by atoms with Gasteiger partial charge in [0, 0.05) is 36.0 Å². The molecule has 1 saturated heterocycles. The minimum atomic E-state index is 0.0377. The first-order valence-corrected chi connectivity index (χ1v) is 10.2. The number of hydrogen-bond donors (Lipinski definition) is 1. The summed E-state index contributed by atoms with van der Waals surface area (Å²) < 4.78 is 0. The molecule has 5 nitrogen and oxygen atoms in total. The molecule has 1 aromatic heterocycles. The van der Waals surface area contributed by atoms with Crippen LogP contribution in [0.4, 0.5) is 17.5 Å². The number of anilines is 3. The summed E-state index contributed by atoms with van der Waals surface area (Å²) in [6.45, 7) is 5.89. The third kappa shape index (κ3) is 4.62. The standard InChI is InChI=1S/C24H26N4O/c1-17-11-13-28(14-12-17)23-16-22(19-7-4-3-5-8-19)26-24(27-23)25-21-10-6-9-20(15-21)18(2)29/h3-10,15-17H,11-14H2,1-2H3,(H,25,26,27). The van der Waals surface area contributed by atoms with E-state index in [0.29, 0.717) is 11.5 Å². The molecular formula is C24H26N4O. The van der Waals surface area contributed by atoms with Crippen molar-refractivity contribution in [2.45, 2.75) is 26.7 Å². The van der Waals surface area contributed by atoms with Gasteiger partial charge in [0.2, 0.25) is 5.95 Å². The SMILES string of the molecule is CC(=O)c1cccc(Nc2nc(-c3ccccc3)cc(N3CCC(C)CC3)n2)c1. The third-order valence-corrected chi connectivity index (χ3v) is 5.42. The third-order valence-electron chi connectivity index (χ3n) is 5.42. The summed E-state index contributed by atoms with van der Waals surface area (Å²) in [5.41, 5.74) is 3.42. The van der Waals surface area contributed by atoms with Crippen LogP contribution in [0, 0.1) is 5.92 Å². The molecule has 0 bridgehead atoms. The predicted octanol–water partition coefficient (Wildman–Crippen LogP) is 5.33. The first-order chi connectivity index (χ1) is 14.1. The number of piperidine rings is 1. The van der Waals surface area contributed by atoms with Crippen molar-refractivity contribution in [2.24, 2.45) is 5.92 Å². The number of carbonyl (C=O) groups excluding carboxylic acids is 1. The molecule has 29 heavy (non-hydrogen) atoms. The van der Waals surface area contributed by atoms with Crippen LogP contribution in [-0.2, 0) is 0 Å². The fraction of sp³-hybridized carbons (Fsp3) is 0.292. The van der Waals surface area contributed by atoms with Gasteiger partial charge in [-0.15, -0.1) is 0 Å². The highest BCUT2D eigenvalue weighted by Gasteiger charge is 2.19. The van der Waals surface area contributed by atoms with Gasteiger partial charge in [0.15, 0.2) is 5.78 Å². The van der Waals surface area contributed by atoms with Gasteiger partial charge in [0.25, 0.3) is 0 Å². The second-order valence-corrected chi connectivity index (χ2v) is 7.73. The molecule has 1 fully saturated rings. The summed E-state index contributed by atoms with van der Waals surface area (Å²) >= 11 is 0. The van der Waals surface area contributed by atoms with Gasteiger partial charge in [0.05, 0.1) is 5.69 Å². The van der Waals surface area contributed by atoms with Crippen LogP contribution in [0.25, 0.3) is 11.3 Å².